The molecule has 2 rings (SSSR count). The fourth-order valence-corrected chi connectivity index (χ4v) is 1.86. The fraction of sp³-hybridized carbons (Fsp3) is 0.111. The van der Waals surface area contributed by atoms with Crippen LogP contribution in [-0.2, 0) is 0 Å². The fourth-order valence-electron chi connectivity index (χ4n) is 1.86. The Balaban J connectivity index is 2.25. The first-order valence-electron chi connectivity index (χ1n) is 6.48. The van der Waals surface area contributed by atoms with Gasteiger partial charge in [-0.05, 0) is 42.3 Å². The SMILES string of the molecule is C=Cc1ccc(Oc2ccc(/C=C/C)cc2OC)cc1. The normalized spacial score (nSPS) is 10.5. The van der Waals surface area contributed by atoms with E-state index in [2.05, 4.69) is 6.58 Å². The van der Waals surface area contributed by atoms with Crippen LogP contribution in [0.5, 0.6) is 17.2 Å². The van der Waals surface area contributed by atoms with Crippen LogP contribution in [0.4, 0.5) is 0 Å². The van der Waals surface area contributed by atoms with Crippen LogP contribution in [0.3, 0.4) is 0 Å². The van der Waals surface area contributed by atoms with Crippen molar-refractivity contribution in [3.63, 3.8) is 0 Å². The zero-order valence-corrected chi connectivity index (χ0v) is 11.8. The van der Waals surface area contributed by atoms with Gasteiger partial charge in [-0.25, -0.2) is 0 Å². The second kappa shape index (κ2) is 6.62. The predicted molar refractivity (Wildman–Crippen MR) is 84.3 cm³/mol. The van der Waals surface area contributed by atoms with Crippen LogP contribution >= 0.6 is 0 Å². The van der Waals surface area contributed by atoms with Gasteiger partial charge in [0.15, 0.2) is 11.5 Å². The van der Waals surface area contributed by atoms with Crippen LogP contribution < -0.4 is 9.47 Å². The Bertz CT molecular complexity index is 610. The second-order valence-corrected chi connectivity index (χ2v) is 4.29. The molecule has 0 saturated heterocycles. The molecular formula is C18H18O2. The minimum absolute atomic E-state index is 0.701. The number of ether oxygens (including phenoxy) is 2. The van der Waals surface area contributed by atoms with Gasteiger partial charge in [-0.2, -0.15) is 0 Å². The molecule has 0 aliphatic carbocycles. The van der Waals surface area contributed by atoms with Gasteiger partial charge in [0.1, 0.15) is 5.75 Å². The second-order valence-electron chi connectivity index (χ2n) is 4.29. The van der Waals surface area contributed by atoms with Crippen LogP contribution in [0.15, 0.2) is 55.1 Å². The molecule has 0 unspecified atom stereocenters. The molecule has 0 aliphatic heterocycles. The monoisotopic (exact) mass is 266 g/mol. The average molecular weight is 266 g/mol. The van der Waals surface area contributed by atoms with Gasteiger partial charge in [-0.3, -0.25) is 0 Å². The highest BCUT2D eigenvalue weighted by atomic mass is 16.5. The molecule has 102 valence electrons. The maximum absolute atomic E-state index is 5.85. The zero-order valence-electron chi connectivity index (χ0n) is 11.8. The maximum Gasteiger partial charge on any atom is 0.169 e. The summed E-state index contributed by atoms with van der Waals surface area (Å²) in [5, 5.41) is 0. The third kappa shape index (κ3) is 3.29. The van der Waals surface area contributed by atoms with Crippen molar-refractivity contribution in [3.05, 3.63) is 66.2 Å². The molecule has 20 heavy (non-hydrogen) atoms. The summed E-state index contributed by atoms with van der Waals surface area (Å²) in [4.78, 5) is 0. The Morgan fingerprint density at radius 1 is 0.950 bits per heavy atom. The highest BCUT2D eigenvalue weighted by Crippen LogP contribution is 2.32. The molecule has 0 aromatic heterocycles. The third-order valence-electron chi connectivity index (χ3n) is 2.89. The summed E-state index contributed by atoms with van der Waals surface area (Å²) >= 11 is 0. The van der Waals surface area contributed by atoms with Gasteiger partial charge >= 0.3 is 0 Å². The molecule has 2 aromatic carbocycles. The molecule has 0 saturated carbocycles. The van der Waals surface area contributed by atoms with E-state index in [0.717, 1.165) is 16.9 Å². The number of hydrogen-bond acceptors (Lipinski definition) is 2. The highest BCUT2D eigenvalue weighted by Gasteiger charge is 2.06. The van der Waals surface area contributed by atoms with Gasteiger partial charge in [-0.1, -0.05) is 43.0 Å². The Morgan fingerprint density at radius 2 is 1.65 bits per heavy atom. The Morgan fingerprint density at radius 3 is 2.25 bits per heavy atom. The van der Waals surface area contributed by atoms with Crippen molar-refractivity contribution in [2.24, 2.45) is 0 Å². The first-order valence-corrected chi connectivity index (χ1v) is 6.48. The summed E-state index contributed by atoms with van der Waals surface area (Å²) in [6, 6.07) is 13.6. The summed E-state index contributed by atoms with van der Waals surface area (Å²) in [6.45, 7) is 5.72. The number of rotatable bonds is 5. The van der Waals surface area contributed by atoms with E-state index >= 15 is 0 Å². The lowest BCUT2D eigenvalue weighted by atomic mass is 10.2. The van der Waals surface area contributed by atoms with E-state index in [1.54, 1.807) is 13.2 Å². The van der Waals surface area contributed by atoms with E-state index in [-0.39, 0.29) is 0 Å². The van der Waals surface area contributed by atoms with Gasteiger partial charge in [0.05, 0.1) is 7.11 Å². The van der Waals surface area contributed by atoms with Crippen LogP contribution in [0.1, 0.15) is 18.1 Å². The van der Waals surface area contributed by atoms with Gasteiger partial charge in [0, 0.05) is 0 Å². The molecule has 0 aliphatic rings. The summed E-state index contributed by atoms with van der Waals surface area (Å²) in [7, 11) is 1.64. The van der Waals surface area contributed by atoms with E-state index in [1.807, 2.05) is 61.5 Å². The summed E-state index contributed by atoms with van der Waals surface area (Å²) in [6.07, 6.45) is 5.81. The molecule has 0 bridgehead atoms. The molecule has 2 aromatic rings. The van der Waals surface area contributed by atoms with Crippen LogP contribution in [0.2, 0.25) is 0 Å². The van der Waals surface area contributed by atoms with Gasteiger partial charge in [-0.15, -0.1) is 0 Å². The van der Waals surface area contributed by atoms with E-state index in [9.17, 15) is 0 Å². The Labute approximate surface area is 120 Å². The van der Waals surface area contributed by atoms with Crippen molar-refractivity contribution in [2.75, 3.05) is 7.11 Å². The summed E-state index contributed by atoms with van der Waals surface area (Å²) in [5.74, 6) is 2.19. The standard InChI is InChI=1S/C18H18O2/c1-4-6-15-9-12-17(18(13-15)19-3)20-16-10-7-14(5-2)8-11-16/h4-13H,2H2,1,3H3/b6-4+. The van der Waals surface area contributed by atoms with Crippen molar-refractivity contribution < 1.29 is 9.47 Å². The van der Waals surface area contributed by atoms with Crippen molar-refractivity contribution in [2.45, 2.75) is 6.92 Å². The Kier molecular flexibility index (Phi) is 4.61. The van der Waals surface area contributed by atoms with Crippen LogP contribution in [0.25, 0.3) is 12.2 Å². The Hall–Kier alpha value is -2.48. The first-order chi connectivity index (χ1) is 9.76. The lowest BCUT2D eigenvalue weighted by Crippen LogP contribution is -1.91. The largest absolute Gasteiger partial charge is 0.493 e. The van der Waals surface area contributed by atoms with E-state index in [0.29, 0.717) is 11.5 Å². The van der Waals surface area contributed by atoms with E-state index in [1.165, 1.54) is 0 Å². The van der Waals surface area contributed by atoms with Crippen molar-refractivity contribution >= 4 is 12.2 Å². The number of benzene rings is 2. The molecule has 2 heteroatoms. The topological polar surface area (TPSA) is 18.5 Å². The van der Waals surface area contributed by atoms with Crippen molar-refractivity contribution in [3.8, 4) is 17.2 Å². The first kappa shape index (κ1) is 13.9. The molecule has 0 heterocycles. The molecule has 0 fully saturated rings. The number of hydrogen-bond donors (Lipinski definition) is 0. The van der Waals surface area contributed by atoms with Gasteiger partial charge in [0.2, 0.25) is 0 Å². The molecule has 0 spiro atoms. The van der Waals surface area contributed by atoms with E-state index < -0.39 is 0 Å². The molecular weight excluding hydrogens is 248 g/mol. The lowest BCUT2D eigenvalue weighted by molar-refractivity contribution is 0.379. The van der Waals surface area contributed by atoms with Gasteiger partial charge < -0.3 is 9.47 Å². The van der Waals surface area contributed by atoms with E-state index in [4.69, 9.17) is 9.47 Å². The van der Waals surface area contributed by atoms with Crippen LogP contribution in [-0.4, -0.2) is 7.11 Å². The lowest BCUT2D eigenvalue weighted by Gasteiger charge is -2.11. The highest BCUT2D eigenvalue weighted by molar-refractivity contribution is 5.56. The minimum Gasteiger partial charge on any atom is -0.493 e. The average Bonchev–Trinajstić information content (AvgIpc) is 2.50. The quantitative estimate of drug-likeness (QED) is 0.743. The number of methoxy groups -OCH3 is 1. The summed E-state index contributed by atoms with van der Waals surface area (Å²) in [5.41, 5.74) is 2.14. The molecule has 0 atom stereocenters. The van der Waals surface area contributed by atoms with Gasteiger partial charge in [0.25, 0.3) is 0 Å². The number of allylic oxidation sites excluding steroid dienone is 1. The molecule has 0 radical (unpaired) electrons. The zero-order chi connectivity index (χ0) is 14.4. The smallest absolute Gasteiger partial charge is 0.169 e. The van der Waals surface area contributed by atoms with Crippen LogP contribution in [0, 0.1) is 0 Å². The molecule has 0 amide bonds. The van der Waals surface area contributed by atoms with Crippen molar-refractivity contribution in [1.29, 1.82) is 0 Å². The minimum atomic E-state index is 0.701. The predicted octanol–water partition coefficient (Wildman–Crippen LogP) is 5.16. The molecule has 2 nitrogen and oxygen atoms in total. The molecule has 0 N–H and O–H groups in total. The maximum atomic E-state index is 5.85. The third-order valence-corrected chi connectivity index (χ3v) is 2.89. The van der Waals surface area contributed by atoms with Crippen molar-refractivity contribution in [1.82, 2.24) is 0 Å². The summed E-state index contributed by atoms with van der Waals surface area (Å²) < 4.78 is 11.2.